The first kappa shape index (κ1) is 16.5. The molecular formula is C17H19N3O3. The number of nitrogens with zero attached hydrogens (tertiary/aromatic N) is 1. The number of benzene rings is 1. The summed E-state index contributed by atoms with van der Waals surface area (Å²) in [6, 6.07) is 10.0. The first-order valence-corrected chi connectivity index (χ1v) is 7.33. The summed E-state index contributed by atoms with van der Waals surface area (Å²) in [6.07, 6.45) is 2.51. The lowest BCUT2D eigenvalue weighted by Gasteiger charge is -2.08. The van der Waals surface area contributed by atoms with Crippen molar-refractivity contribution in [3.63, 3.8) is 0 Å². The molecule has 2 rings (SSSR count). The van der Waals surface area contributed by atoms with E-state index in [4.69, 9.17) is 0 Å². The highest BCUT2D eigenvalue weighted by Crippen LogP contribution is 2.13. The third-order valence-corrected chi connectivity index (χ3v) is 3.12. The summed E-state index contributed by atoms with van der Waals surface area (Å²) >= 11 is 0. The normalized spacial score (nSPS) is 10.0. The predicted molar refractivity (Wildman–Crippen MR) is 88.8 cm³/mol. The van der Waals surface area contributed by atoms with Gasteiger partial charge in [-0.15, -0.1) is 0 Å². The van der Waals surface area contributed by atoms with E-state index in [2.05, 4.69) is 27.3 Å². The third kappa shape index (κ3) is 4.54. The Morgan fingerprint density at radius 2 is 2.00 bits per heavy atom. The van der Waals surface area contributed by atoms with Gasteiger partial charge in [0.15, 0.2) is 0 Å². The number of hydrogen-bond acceptors (Lipinski definition) is 5. The molecule has 120 valence electrons. The van der Waals surface area contributed by atoms with Crippen LogP contribution in [0.2, 0.25) is 0 Å². The first-order chi connectivity index (χ1) is 11.1. The van der Waals surface area contributed by atoms with Crippen molar-refractivity contribution in [1.82, 2.24) is 4.98 Å². The van der Waals surface area contributed by atoms with Crippen LogP contribution in [0.4, 0.5) is 11.5 Å². The first-order valence-electron chi connectivity index (χ1n) is 7.33. The molecule has 0 aliphatic heterocycles. The van der Waals surface area contributed by atoms with Crippen LogP contribution in [0.5, 0.6) is 0 Å². The average molecular weight is 313 g/mol. The third-order valence-electron chi connectivity index (χ3n) is 3.12. The Kier molecular flexibility index (Phi) is 5.68. The largest absolute Gasteiger partial charge is 0.465 e. The fraction of sp³-hybridized carbons (Fsp3) is 0.235. The number of carbonyl (C=O) groups is 2. The van der Waals surface area contributed by atoms with Crippen LogP contribution < -0.4 is 10.6 Å². The predicted octanol–water partition coefficient (Wildman–Crippen LogP) is 2.94. The second kappa shape index (κ2) is 7.93. The van der Waals surface area contributed by atoms with Crippen molar-refractivity contribution in [3.05, 3.63) is 53.7 Å². The van der Waals surface area contributed by atoms with Gasteiger partial charge in [0.1, 0.15) is 5.82 Å². The highest BCUT2D eigenvalue weighted by Gasteiger charge is 2.09. The van der Waals surface area contributed by atoms with Crippen molar-refractivity contribution in [3.8, 4) is 0 Å². The lowest BCUT2D eigenvalue weighted by Crippen LogP contribution is -2.13. The number of esters is 1. The van der Waals surface area contributed by atoms with E-state index in [1.165, 1.54) is 13.3 Å². The number of rotatable bonds is 6. The molecule has 6 heteroatoms. The van der Waals surface area contributed by atoms with Crippen LogP contribution in [0, 0.1) is 0 Å². The zero-order chi connectivity index (χ0) is 16.7. The lowest BCUT2D eigenvalue weighted by molar-refractivity contribution is 0.0600. The highest BCUT2D eigenvalue weighted by atomic mass is 16.5. The molecule has 1 aromatic heterocycles. The van der Waals surface area contributed by atoms with Crippen molar-refractivity contribution in [2.45, 2.75) is 13.3 Å². The lowest BCUT2D eigenvalue weighted by atomic mass is 10.2. The van der Waals surface area contributed by atoms with Crippen molar-refractivity contribution in [1.29, 1.82) is 0 Å². The monoisotopic (exact) mass is 313 g/mol. The molecule has 2 N–H and O–H groups in total. The van der Waals surface area contributed by atoms with Crippen molar-refractivity contribution in [2.75, 3.05) is 24.3 Å². The summed E-state index contributed by atoms with van der Waals surface area (Å²) in [6.45, 7) is 2.90. The van der Waals surface area contributed by atoms with Crippen LogP contribution >= 0.6 is 0 Å². The molecule has 0 aliphatic rings. The Hall–Kier alpha value is -2.89. The van der Waals surface area contributed by atoms with E-state index in [1.807, 2.05) is 0 Å². The van der Waals surface area contributed by atoms with E-state index in [1.54, 1.807) is 36.4 Å². The number of pyridine rings is 1. The second-order valence-corrected chi connectivity index (χ2v) is 4.89. The summed E-state index contributed by atoms with van der Waals surface area (Å²) in [5, 5.41) is 5.88. The van der Waals surface area contributed by atoms with Gasteiger partial charge in [0, 0.05) is 18.4 Å². The summed E-state index contributed by atoms with van der Waals surface area (Å²) in [5.41, 5.74) is 1.34. The van der Waals surface area contributed by atoms with Gasteiger partial charge >= 0.3 is 5.97 Å². The summed E-state index contributed by atoms with van der Waals surface area (Å²) < 4.78 is 4.66. The van der Waals surface area contributed by atoms with Crippen molar-refractivity contribution < 1.29 is 14.3 Å². The molecule has 1 aromatic carbocycles. The topological polar surface area (TPSA) is 80.3 Å². The highest BCUT2D eigenvalue weighted by molar-refractivity contribution is 6.04. The zero-order valence-electron chi connectivity index (χ0n) is 13.1. The molecule has 0 atom stereocenters. The molecule has 6 nitrogen and oxygen atoms in total. The molecule has 23 heavy (non-hydrogen) atoms. The Morgan fingerprint density at radius 3 is 2.65 bits per heavy atom. The summed E-state index contributed by atoms with van der Waals surface area (Å²) in [5.74, 6) is -0.00763. The molecule has 0 saturated heterocycles. The standard InChI is InChI=1S/C17H19N3O3/c1-3-9-18-15-8-7-13(11-19-15)16(21)20-14-6-4-5-12(10-14)17(22)23-2/h4-8,10-11H,3,9H2,1-2H3,(H,18,19)(H,20,21). The number of nitrogens with one attached hydrogen (secondary N) is 2. The van der Waals surface area contributed by atoms with Crippen LogP contribution in [0.25, 0.3) is 0 Å². The van der Waals surface area contributed by atoms with Crippen LogP contribution in [0.1, 0.15) is 34.1 Å². The number of ether oxygens (including phenoxy) is 1. The van der Waals surface area contributed by atoms with Gasteiger partial charge in [-0.05, 0) is 36.8 Å². The molecule has 0 spiro atoms. The van der Waals surface area contributed by atoms with Crippen molar-refractivity contribution >= 4 is 23.4 Å². The number of amides is 1. The van der Waals surface area contributed by atoms with E-state index in [0.29, 0.717) is 16.8 Å². The maximum Gasteiger partial charge on any atom is 0.337 e. The smallest absolute Gasteiger partial charge is 0.337 e. The maximum absolute atomic E-state index is 12.2. The quantitative estimate of drug-likeness (QED) is 0.801. The van der Waals surface area contributed by atoms with Crippen LogP contribution in [0.15, 0.2) is 42.6 Å². The second-order valence-electron chi connectivity index (χ2n) is 4.89. The van der Waals surface area contributed by atoms with Gasteiger partial charge in [-0.3, -0.25) is 4.79 Å². The van der Waals surface area contributed by atoms with Gasteiger partial charge in [0.05, 0.1) is 18.2 Å². The van der Waals surface area contributed by atoms with Crippen LogP contribution in [-0.4, -0.2) is 30.5 Å². The molecule has 0 bridgehead atoms. The number of aromatic nitrogens is 1. The minimum absolute atomic E-state index is 0.290. The number of anilines is 2. The molecule has 0 saturated carbocycles. The van der Waals surface area contributed by atoms with Gasteiger partial charge in [0.25, 0.3) is 5.91 Å². The van der Waals surface area contributed by atoms with Gasteiger partial charge < -0.3 is 15.4 Å². The maximum atomic E-state index is 12.2. The number of carbonyl (C=O) groups excluding carboxylic acids is 2. The summed E-state index contributed by atoms with van der Waals surface area (Å²) in [4.78, 5) is 27.9. The van der Waals surface area contributed by atoms with Gasteiger partial charge in [-0.1, -0.05) is 13.0 Å². The average Bonchev–Trinajstić information content (AvgIpc) is 2.59. The molecule has 0 aliphatic carbocycles. The molecule has 0 unspecified atom stereocenters. The van der Waals surface area contributed by atoms with Gasteiger partial charge in [-0.2, -0.15) is 0 Å². The van der Waals surface area contributed by atoms with Crippen molar-refractivity contribution in [2.24, 2.45) is 0 Å². The fourth-order valence-corrected chi connectivity index (χ4v) is 1.93. The molecule has 1 amide bonds. The minimum Gasteiger partial charge on any atom is -0.465 e. The number of methoxy groups -OCH3 is 1. The minimum atomic E-state index is -0.450. The van der Waals surface area contributed by atoms with E-state index >= 15 is 0 Å². The fourth-order valence-electron chi connectivity index (χ4n) is 1.93. The SMILES string of the molecule is CCCNc1ccc(C(=O)Nc2cccc(C(=O)OC)c2)cn1. The van der Waals surface area contributed by atoms with E-state index < -0.39 is 5.97 Å². The van der Waals surface area contributed by atoms with Crippen LogP contribution in [-0.2, 0) is 4.74 Å². The Labute approximate surface area is 134 Å². The van der Waals surface area contributed by atoms with Gasteiger partial charge in [0.2, 0.25) is 0 Å². The Bertz CT molecular complexity index is 684. The van der Waals surface area contributed by atoms with Crippen LogP contribution in [0.3, 0.4) is 0 Å². The molecule has 0 fully saturated rings. The molecular weight excluding hydrogens is 294 g/mol. The molecule has 0 radical (unpaired) electrons. The molecule has 1 heterocycles. The Balaban J connectivity index is 2.05. The van der Waals surface area contributed by atoms with E-state index in [9.17, 15) is 9.59 Å². The van der Waals surface area contributed by atoms with E-state index in [0.717, 1.165) is 18.8 Å². The zero-order valence-corrected chi connectivity index (χ0v) is 13.1. The van der Waals surface area contributed by atoms with E-state index in [-0.39, 0.29) is 5.91 Å². The molecule has 2 aromatic rings. The van der Waals surface area contributed by atoms with Gasteiger partial charge in [-0.25, -0.2) is 9.78 Å². The Morgan fingerprint density at radius 1 is 1.17 bits per heavy atom. The number of hydrogen-bond donors (Lipinski definition) is 2. The summed E-state index contributed by atoms with van der Waals surface area (Å²) in [7, 11) is 1.31.